The maximum atomic E-state index is 9.97. The molecule has 0 aromatic carbocycles. The smallest absolute Gasteiger partial charge is 0.167 e. The molecule has 19 heavy (non-hydrogen) atoms. The molecule has 8 nitrogen and oxygen atoms in total. The number of imidazole rings is 1. The first-order valence-corrected chi connectivity index (χ1v) is 5.95. The molecule has 0 spiro atoms. The molecule has 3 unspecified atom stereocenters. The van der Waals surface area contributed by atoms with E-state index in [0.717, 1.165) is 0 Å². The van der Waals surface area contributed by atoms with Gasteiger partial charge in [-0.15, -0.1) is 0 Å². The second-order valence-electron chi connectivity index (χ2n) is 4.88. The first kappa shape index (κ1) is 12.3. The summed E-state index contributed by atoms with van der Waals surface area (Å²) in [4.78, 5) is 12.1. The average Bonchev–Trinajstić information content (AvgIpc) is 2.94. The van der Waals surface area contributed by atoms with Crippen molar-refractivity contribution in [3.63, 3.8) is 0 Å². The Balaban J connectivity index is 2.01. The van der Waals surface area contributed by atoms with Crippen LogP contribution in [0.2, 0.25) is 0 Å². The van der Waals surface area contributed by atoms with Gasteiger partial charge in [0.15, 0.2) is 11.5 Å². The van der Waals surface area contributed by atoms with Gasteiger partial charge in [0.2, 0.25) is 0 Å². The lowest BCUT2D eigenvalue weighted by molar-refractivity contribution is -0.115. The Morgan fingerprint density at radius 2 is 2.32 bits per heavy atom. The van der Waals surface area contributed by atoms with Crippen molar-refractivity contribution in [2.24, 2.45) is 0 Å². The van der Waals surface area contributed by atoms with E-state index < -0.39 is 17.9 Å². The Kier molecular flexibility index (Phi) is 2.66. The van der Waals surface area contributed by atoms with Gasteiger partial charge in [-0.2, -0.15) is 0 Å². The van der Waals surface area contributed by atoms with Crippen molar-refractivity contribution in [3.05, 3.63) is 12.7 Å². The molecule has 1 aliphatic rings. The van der Waals surface area contributed by atoms with Crippen LogP contribution < -0.4 is 5.73 Å². The van der Waals surface area contributed by atoms with Gasteiger partial charge in [0, 0.05) is 6.42 Å². The number of aromatic nitrogens is 4. The number of aliphatic hydroxyl groups is 2. The van der Waals surface area contributed by atoms with Gasteiger partial charge < -0.3 is 20.7 Å². The van der Waals surface area contributed by atoms with E-state index in [1.807, 2.05) is 0 Å². The van der Waals surface area contributed by atoms with Crippen LogP contribution in [0.25, 0.3) is 11.2 Å². The zero-order valence-electron chi connectivity index (χ0n) is 10.4. The Labute approximate surface area is 108 Å². The Morgan fingerprint density at radius 1 is 1.53 bits per heavy atom. The molecular formula is C11H15N5O3. The fourth-order valence-corrected chi connectivity index (χ4v) is 2.27. The Bertz CT molecular complexity index is 615. The van der Waals surface area contributed by atoms with E-state index in [1.54, 1.807) is 17.8 Å². The van der Waals surface area contributed by atoms with Gasteiger partial charge in [0.1, 0.15) is 23.7 Å². The summed E-state index contributed by atoms with van der Waals surface area (Å²) in [6.45, 7) is 1.41. The summed E-state index contributed by atoms with van der Waals surface area (Å²) < 4.78 is 7.42. The lowest BCUT2D eigenvalue weighted by Crippen LogP contribution is -2.39. The quantitative estimate of drug-likeness (QED) is 0.665. The van der Waals surface area contributed by atoms with Crippen LogP contribution in [0.15, 0.2) is 12.7 Å². The number of hydrogen-bond donors (Lipinski definition) is 3. The monoisotopic (exact) mass is 265 g/mol. The van der Waals surface area contributed by atoms with Crippen molar-refractivity contribution < 1.29 is 14.9 Å². The highest BCUT2D eigenvalue weighted by Crippen LogP contribution is 2.37. The van der Waals surface area contributed by atoms with E-state index in [9.17, 15) is 10.2 Å². The van der Waals surface area contributed by atoms with Gasteiger partial charge in [0.05, 0.1) is 19.0 Å². The van der Waals surface area contributed by atoms with Gasteiger partial charge in [-0.1, -0.05) is 0 Å². The fourth-order valence-electron chi connectivity index (χ4n) is 2.27. The van der Waals surface area contributed by atoms with Gasteiger partial charge in [-0.3, -0.25) is 4.57 Å². The first-order chi connectivity index (χ1) is 9.05. The number of nitrogens with two attached hydrogens (primary N) is 1. The molecule has 8 heteroatoms. The molecule has 0 aliphatic carbocycles. The molecular weight excluding hydrogens is 250 g/mol. The van der Waals surface area contributed by atoms with Crippen LogP contribution in [0.5, 0.6) is 0 Å². The van der Waals surface area contributed by atoms with Crippen molar-refractivity contribution in [1.82, 2.24) is 19.5 Å². The minimum Gasteiger partial charge on any atom is -0.393 e. The molecule has 1 saturated heterocycles. The molecule has 1 aliphatic heterocycles. The molecule has 0 amide bonds. The number of fused-ring (bicyclic) bond motifs is 1. The summed E-state index contributed by atoms with van der Waals surface area (Å²) in [6, 6.07) is 0. The summed E-state index contributed by atoms with van der Waals surface area (Å²) >= 11 is 0. The fraction of sp³-hybridized carbons (Fsp3) is 0.545. The van der Waals surface area contributed by atoms with Crippen molar-refractivity contribution in [3.8, 4) is 0 Å². The average molecular weight is 265 g/mol. The third kappa shape index (κ3) is 1.76. The van der Waals surface area contributed by atoms with E-state index in [4.69, 9.17) is 10.5 Å². The largest absolute Gasteiger partial charge is 0.393 e. The van der Waals surface area contributed by atoms with Gasteiger partial charge in [-0.05, 0) is 6.92 Å². The Morgan fingerprint density at radius 3 is 3.00 bits per heavy atom. The molecule has 1 fully saturated rings. The third-order valence-corrected chi connectivity index (χ3v) is 3.55. The predicted octanol–water partition coefficient (Wildman–Crippen LogP) is -0.561. The summed E-state index contributed by atoms with van der Waals surface area (Å²) in [5.74, 6) is 0.298. The van der Waals surface area contributed by atoms with Gasteiger partial charge in [0.25, 0.3) is 0 Å². The zero-order valence-corrected chi connectivity index (χ0v) is 10.4. The maximum Gasteiger partial charge on any atom is 0.167 e. The summed E-state index contributed by atoms with van der Waals surface area (Å²) in [5.41, 5.74) is 5.79. The molecule has 102 valence electrons. The molecule has 2 aromatic heterocycles. The SMILES string of the molecule is CC1(CO)OC(n2cnc3c(N)ncnc32)CC1O. The number of hydrogen-bond acceptors (Lipinski definition) is 7. The van der Waals surface area contributed by atoms with E-state index in [1.165, 1.54) is 6.33 Å². The summed E-state index contributed by atoms with van der Waals surface area (Å²) in [6.07, 6.45) is 2.07. The van der Waals surface area contributed by atoms with Crippen LogP contribution in [0.3, 0.4) is 0 Å². The number of nitrogens with zero attached hydrogens (tertiary/aromatic N) is 4. The highest BCUT2D eigenvalue weighted by atomic mass is 16.6. The van der Waals surface area contributed by atoms with Crippen LogP contribution in [-0.2, 0) is 4.74 Å². The van der Waals surface area contributed by atoms with E-state index >= 15 is 0 Å². The second kappa shape index (κ2) is 4.12. The predicted molar refractivity (Wildman–Crippen MR) is 66.0 cm³/mol. The molecule has 3 heterocycles. The zero-order chi connectivity index (χ0) is 13.6. The normalized spacial score (nSPS) is 31.1. The lowest BCUT2D eigenvalue weighted by atomic mass is 10.0. The van der Waals surface area contributed by atoms with Crippen molar-refractivity contribution in [2.45, 2.75) is 31.3 Å². The standard InChI is InChI=1S/C11H15N5O3/c1-11(3-17)6(18)2-7(19-11)16-5-15-8-9(12)13-4-14-10(8)16/h4-7,17-18H,2-3H2,1H3,(H2,12,13,14). The minimum absolute atomic E-state index is 0.256. The number of anilines is 1. The second-order valence-corrected chi connectivity index (χ2v) is 4.88. The van der Waals surface area contributed by atoms with Crippen LogP contribution in [-0.4, -0.2) is 48.0 Å². The van der Waals surface area contributed by atoms with Gasteiger partial charge in [-0.25, -0.2) is 15.0 Å². The third-order valence-electron chi connectivity index (χ3n) is 3.55. The highest BCUT2D eigenvalue weighted by Gasteiger charge is 2.45. The topological polar surface area (TPSA) is 119 Å². The number of nitrogen functional groups attached to an aromatic ring is 1. The van der Waals surface area contributed by atoms with Crippen LogP contribution in [0.4, 0.5) is 5.82 Å². The van der Waals surface area contributed by atoms with Crippen molar-refractivity contribution >= 4 is 17.0 Å². The summed E-state index contributed by atoms with van der Waals surface area (Å²) in [7, 11) is 0. The maximum absolute atomic E-state index is 9.97. The van der Waals surface area contributed by atoms with Gasteiger partial charge >= 0.3 is 0 Å². The van der Waals surface area contributed by atoms with Crippen LogP contribution >= 0.6 is 0 Å². The van der Waals surface area contributed by atoms with E-state index in [0.29, 0.717) is 23.4 Å². The molecule has 2 aromatic rings. The molecule has 3 rings (SSSR count). The van der Waals surface area contributed by atoms with Crippen LogP contribution in [0.1, 0.15) is 19.6 Å². The van der Waals surface area contributed by atoms with Crippen LogP contribution in [0, 0.1) is 0 Å². The Hall–Kier alpha value is -1.77. The van der Waals surface area contributed by atoms with Crippen molar-refractivity contribution in [2.75, 3.05) is 12.3 Å². The number of ether oxygens (including phenoxy) is 1. The van der Waals surface area contributed by atoms with Crippen molar-refractivity contribution in [1.29, 1.82) is 0 Å². The van der Waals surface area contributed by atoms with E-state index in [2.05, 4.69) is 15.0 Å². The molecule has 4 N–H and O–H groups in total. The number of rotatable bonds is 2. The summed E-state index contributed by atoms with van der Waals surface area (Å²) in [5, 5.41) is 19.3. The minimum atomic E-state index is -0.972. The highest BCUT2D eigenvalue weighted by molar-refractivity contribution is 5.81. The molecule has 0 radical (unpaired) electrons. The molecule has 3 atom stereocenters. The first-order valence-electron chi connectivity index (χ1n) is 5.95. The molecule has 0 saturated carbocycles. The van der Waals surface area contributed by atoms with E-state index in [-0.39, 0.29) is 6.61 Å². The molecule has 0 bridgehead atoms. The lowest BCUT2D eigenvalue weighted by Gasteiger charge is -2.24. The number of aliphatic hydroxyl groups excluding tert-OH is 2.